The number of carbonyl (C=O) groups is 4. The molecule has 11 heteroatoms. The summed E-state index contributed by atoms with van der Waals surface area (Å²) in [5.41, 5.74) is -5.44. The molecule has 0 aromatic heterocycles. The quantitative estimate of drug-likeness (QED) is 0.219. The highest BCUT2D eigenvalue weighted by atomic mass is 35.5. The highest BCUT2D eigenvalue weighted by molar-refractivity contribution is 6.23. The molecule has 10 nitrogen and oxygen atoms in total. The summed E-state index contributed by atoms with van der Waals surface area (Å²) < 4.78 is 22.6. The van der Waals surface area contributed by atoms with E-state index in [-0.39, 0.29) is 12.0 Å². The molecular weight excluding hydrogens is 532 g/mol. The normalized spacial score (nSPS) is 41.6. The standard InChI is InChI=1S/C28H37ClO10/c1-8-9-20(32)38-18-11-10-14(2)21(29)23-28(35,15(3)25(33)39-23)24(37-17(5)31)22-26(18,6)13-12-19(27(22,7)34)36-16(4)30/h10-13,15,18-19,21-24,34-35H,2,8-9H2,1,3-7H3. The maximum absolute atomic E-state index is 12.9. The topological polar surface area (TPSA) is 146 Å². The van der Waals surface area contributed by atoms with Gasteiger partial charge >= 0.3 is 23.9 Å². The first-order chi connectivity index (χ1) is 18.0. The van der Waals surface area contributed by atoms with Crippen LogP contribution in [0.1, 0.15) is 54.4 Å². The summed E-state index contributed by atoms with van der Waals surface area (Å²) in [7, 11) is 0. The van der Waals surface area contributed by atoms with E-state index < -0.39 is 82.1 Å². The minimum Gasteiger partial charge on any atom is -0.459 e. The Morgan fingerprint density at radius 1 is 1.08 bits per heavy atom. The van der Waals surface area contributed by atoms with Crippen LogP contribution in [-0.2, 0) is 38.1 Å². The second-order valence-electron chi connectivity index (χ2n) is 11.0. The highest BCUT2D eigenvalue weighted by Crippen LogP contribution is 2.55. The molecule has 2 aliphatic carbocycles. The average Bonchev–Trinajstić information content (AvgIpc) is 3.06. The molecule has 0 radical (unpaired) electrons. The van der Waals surface area contributed by atoms with Crippen molar-refractivity contribution in [2.45, 2.75) is 95.4 Å². The van der Waals surface area contributed by atoms with E-state index in [1.807, 2.05) is 6.92 Å². The maximum Gasteiger partial charge on any atom is 0.312 e. The summed E-state index contributed by atoms with van der Waals surface area (Å²) >= 11 is 6.69. The van der Waals surface area contributed by atoms with Crippen LogP contribution in [0, 0.1) is 17.3 Å². The van der Waals surface area contributed by atoms with Crippen LogP contribution in [0.4, 0.5) is 0 Å². The molecule has 1 aliphatic heterocycles. The molecule has 0 spiro atoms. The second kappa shape index (κ2) is 11.1. The summed E-state index contributed by atoms with van der Waals surface area (Å²) in [6.07, 6.45) is 1.31. The van der Waals surface area contributed by atoms with Crippen LogP contribution in [0.2, 0.25) is 0 Å². The third kappa shape index (κ3) is 5.38. The van der Waals surface area contributed by atoms with Gasteiger partial charge in [-0.2, -0.15) is 0 Å². The van der Waals surface area contributed by atoms with Crippen LogP contribution in [0.5, 0.6) is 0 Å². The maximum atomic E-state index is 12.9. The first-order valence-electron chi connectivity index (χ1n) is 12.9. The lowest BCUT2D eigenvalue weighted by Gasteiger charge is -2.56. The SMILES string of the molecule is C=C1C=CC(OC(=O)CCC)C2(C)C=CC(OC(C)=O)C(C)(O)C2C(OC(C)=O)C2(O)C(C)C(=O)OC2C1Cl. The highest BCUT2D eigenvalue weighted by Gasteiger charge is 2.70. The molecule has 10 unspecified atom stereocenters. The number of alkyl halides is 1. The van der Waals surface area contributed by atoms with Gasteiger partial charge in [0.15, 0.2) is 11.7 Å². The second-order valence-corrected chi connectivity index (χ2v) is 11.4. The van der Waals surface area contributed by atoms with Crippen molar-refractivity contribution in [3.63, 3.8) is 0 Å². The minimum atomic E-state index is -2.27. The smallest absolute Gasteiger partial charge is 0.312 e. The molecule has 10 atom stereocenters. The number of aliphatic hydroxyl groups is 2. The molecule has 0 bridgehead atoms. The molecule has 216 valence electrons. The Bertz CT molecular complexity index is 1100. The molecule has 1 heterocycles. The van der Waals surface area contributed by atoms with Crippen molar-refractivity contribution >= 4 is 35.5 Å². The van der Waals surface area contributed by atoms with Gasteiger partial charge in [-0.25, -0.2) is 0 Å². The van der Waals surface area contributed by atoms with E-state index >= 15 is 0 Å². The molecule has 39 heavy (non-hydrogen) atoms. The first-order valence-corrected chi connectivity index (χ1v) is 13.3. The van der Waals surface area contributed by atoms with E-state index in [0.29, 0.717) is 6.42 Å². The summed E-state index contributed by atoms with van der Waals surface area (Å²) in [5, 5.41) is 23.3. The van der Waals surface area contributed by atoms with Crippen LogP contribution in [0.25, 0.3) is 0 Å². The monoisotopic (exact) mass is 568 g/mol. The van der Waals surface area contributed by atoms with Crippen LogP contribution in [0.15, 0.2) is 36.5 Å². The fourth-order valence-electron chi connectivity index (χ4n) is 5.98. The van der Waals surface area contributed by atoms with Crippen molar-refractivity contribution in [2.75, 3.05) is 0 Å². The molecule has 1 fully saturated rings. The largest absolute Gasteiger partial charge is 0.459 e. The Balaban J connectivity index is 2.39. The van der Waals surface area contributed by atoms with Crippen molar-refractivity contribution in [2.24, 2.45) is 17.3 Å². The van der Waals surface area contributed by atoms with E-state index in [9.17, 15) is 29.4 Å². The minimum absolute atomic E-state index is 0.110. The van der Waals surface area contributed by atoms with Gasteiger partial charge in [-0.1, -0.05) is 32.6 Å². The number of esters is 4. The number of hydrogen-bond donors (Lipinski definition) is 2. The lowest BCUT2D eigenvalue weighted by molar-refractivity contribution is -0.242. The zero-order valence-corrected chi connectivity index (χ0v) is 23.8. The van der Waals surface area contributed by atoms with Crippen LogP contribution in [0.3, 0.4) is 0 Å². The van der Waals surface area contributed by atoms with Gasteiger partial charge in [-0.05, 0) is 38.0 Å². The number of carbonyl (C=O) groups excluding carboxylic acids is 4. The lowest BCUT2D eigenvalue weighted by Crippen LogP contribution is -2.70. The zero-order chi connectivity index (χ0) is 29.5. The van der Waals surface area contributed by atoms with Crippen molar-refractivity contribution in [3.8, 4) is 0 Å². The van der Waals surface area contributed by atoms with Gasteiger partial charge in [-0.15, -0.1) is 11.6 Å². The van der Waals surface area contributed by atoms with Gasteiger partial charge in [0.05, 0.1) is 11.3 Å². The predicted octanol–water partition coefficient (Wildman–Crippen LogP) is 2.53. The van der Waals surface area contributed by atoms with Crippen molar-refractivity contribution in [1.29, 1.82) is 0 Å². The van der Waals surface area contributed by atoms with Crippen molar-refractivity contribution < 1.29 is 48.3 Å². The third-order valence-corrected chi connectivity index (χ3v) is 8.54. The van der Waals surface area contributed by atoms with Gasteiger partial charge in [0, 0.05) is 31.6 Å². The number of ether oxygens (including phenoxy) is 4. The van der Waals surface area contributed by atoms with E-state index in [1.165, 1.54) is 32.9 Å². The predicted molar refractivity (Wildman–Crippen MR) is 139 cm³/mol. The van der Waals surface area contributed by atoms with Gasteiger partial charge in [0.1, 0.15) is 23.9 Å². The number of hydrogen-bond acceptors (Lipinski definition) is 10. The number of fused-ring (bicyclic) bond motifs is 2. The van der Waals surface area contributed by atoms with Gasteiger partial charge < -0.3 is 29.2 Å². The van der Waals surface area contributed by atoms with Gasteiger partial charge in [0.25, 0.3) is 0 Å². The fraction of sp³-hybridized carbons (Fsp3) is 0.643. The molecule has 3 rings (SSSR count). The Labute approximate surface area is 232 Å². The van der Waals surface area contributed by atoms with E-state index in [0.717, 1.165) is 6.92 Å². The van der Waals surface area contributed by atoms with Gasteiger partial charge in [0.2, 0.25) is 0 Å². The number of allylic oxidation sites excluding steroid dienone is 1. The first kappa shape index (κ1) is 30.8. The lowest BCUT2D eigenvalue weighted by atomic mass is 9.55. The Kier molecular flexibility index (Phi) is 8.75. The molecule has 0 aromatic rings. The Hall–Kier alpha value is -2.69. The fourth-order valence-corrected chi connectivity index (χ4v) is 6.31. The zero-order valence-electron chi connectivity index (χ0n) is 23.0. The molecule has 1 saturated heterocycles. The molecule has 3 aliphatic rings. The van der Waals surface area contributed by atoms with E-state index in [1.54, 1.807) is 19.1 Å². The summed E-state index contributed by atoms with van der Waals surface area (Å²) in [6.45, 7) is 12.5. The third-order valence-electron chi connectivity index (χ3n) is 8.03. The molecule has 0 saturated carbocycles. The van der Waals surface area contributed by atoms with Gasteiger partial charge in [-0.3, -0.25) is 19.2 Å². The number of halogens is 1. The summed E-state index contributed by atoms with van der Waals surface area (Å²) in [4.78, 5) is 50.1. The molecule has 0 aromatic carbocycles. The van der Waals surface area contributed by atoms with Crippen molar-refractivity contribution in [3.05, 3.63) is 36.5 Å². The van der Waals surface area contributed by atoms with Crippen molar-refractivity contribution in [1.82, 2.24) is 0 Å². The van der Waals surface area contributed by atoms with E-state index in [4.69, 9.17) is 30.5 Å². The molecule has 2 N–H and O–H groups in total. The Morgan fingerprint density at radius 3 is 2.26 bits per heavy atom. The molecular formula is C28H37ClO10. The number of rotatable bonds is 5. The van der Waals surface area contributed by atoms with Crippen LogP contribution >= 0.6 is 11.6 Å². The average molecular weight is 569 g/mol. The Morgan fingerprint density at radius 2 is 1.69 bits per heavy atom. The van der Waals surface area contributed by atoms with Crippen LogP contribution in [-0.4, -0.2) is 75.1 Å². The summed E-state index contributed by atoms with van der Waals surface area (Å²) in [6, 6.07) is 0. The molecule has 0 amide bonds. The van der Waals surface area contributed by atoms with Crippen LogP contribution < -0.4 is 0 Å². The van der Waals surface area contributed by atoms with E-state index in [2.05, 4.69) is 6.58 Å². The summed E-state index contributed by atoms with van der Waals surface area (Å²) in [5.74, 6) is -5.43.